The Morgan fingerprint density at radius 3 is 2.75 bits per heavy atom. The predicted octanol–water partition coefficient (Wildman–Crippen LogP) is 3.38. The Hall–Kier alpha value is -3.33. The molecule has 0 saturated carbocycles. The molecule has 28 heavy (non-hydrogen) atoms. The number of hydrogen-bond donors (Lipinski definition) is 3. The van der Waals surface area contributed by atoms with Crippen LogP contribution < -0.4 is 15.5 Å². The van der Waals surface area contributed by atoms with Gasteiger partial charge in [-0.05, 0) is 36.8 Å². The fourth-order valence-corrected chi connectivity index (χ4v) is 2.79. The third-order valence-corrected chi connectivity index (χ3v) is 4.28. The van der Waals surface area contributed by atoms with Gasteiger partial charge in [0.15, 0.2) is 0 Å². The highest BCUT2D eigenvalue weighted by Gasteiger charge is 2.08. The highest BCUT2D eigenvalue weighted by atomic mass is 32.2. The van der Waals surface area contributed by atoms with Crippen molar-refractivity contribution in [2.24, 2.45) is 5.10 Å². The maximum absolute atomic E-state index is 12.1. The molecule has 144 valence electrons. The number of amides is 1. The Labute approximate surface area is 166 Å². The molecule has 0 aliphatic carbocycles. The predicted molar refractivity (Wildman–Crippen MR) is 111 cm³/mol. The summed E-state index contributed by atoms with van der Waals surface area (Å²) in [7, 11) is 0. The highest BCUT2D eigenvalue weighted by Crippen LogP contribution is 2.17. The largest absolute Gasteiger partial charge is 0.494 e. The molecule has 1 heterocycles. The van der Waals surface area contributed by atoms with E-state index in [9.17, 15) is 4.79 Å². The average molecular weight is 396 g/mol. The molecule has 9 heteroatoms. The molecular weight excluding hydrogens is 376 g/mol. The van der Waals surface area contributed by atoms with Crippen LogP contribution in [0.3, 0.4) is 0 Å². The van der Waals surface area contributed by atoms with Crippen LogP contribution in [0.25, 0.3) is 0 Å². The van der Waals surface area contributed by atoms with Crippen LogP contribution in [0.1, 0.15) is 12.5 Å². The summed E-state index contributed by atoms with van der Waals surface area (Å²) < 4.78 is 5.37. The number of hydrazone groups is 1. The van der Waals surface area contributed by atoms with Crippen LogP contribution in [-0.2, 0) is 4.79 Å². The van der Waals surface area contributed by atoms with Gasteiger partial charge in [0.05, 0.1) is 18.6 Å². The second-order valence-electron chi connectivity index (χ2n) is 5.54. The third kappa shape index (κ3) is 6.13. The number of aromatic amines is 1. The first-order valence-electron chi connectivity index (χ1n) is 8.65. The molecule has 1 amide bonds. The Morgan fingerprint density at radius 1 is 1.21 bits per heavy atom. The lowest BCUT2D eigenvalue weighted by molar-refractivity contribution is -0.113. The van der Waals surface area contributed by atoms with E-state index in [-0.39, 0.29) is 11.7 Å². The third-order valence-electron chi connectivity index (χ3n) is 3.43. The number of carbonyl (C=O) groups is 1. The summed E-state index contributed by atoms with van der Waals surface area (Å²) >= 11 is 1.23. The zero-order chi connectivity index (χ0) is 19.6. The normalized spacial score (nSPS) is 10.8. The number of rotatable bonds is 9. The maximum Gasteiger partial charge on any atom is 0.240 e. The van der Waals surface area contributed by atoms with Crippen LogP contribution in [0.2, 0.25) is 0 Å². The topological polar surface area (TPSA) is 104 Å². The van der Waals surface area contributed by atoms with Crippen LogP contribution >= 0.6 is 11.8 Å². The molecule has 0 spiro atoms. The number of hydrogen-bond acceptors (Lipinski definition) is 7. The van der Waals surface area contributed by atoms with Crippen molar-refractivity contribution in [3.63, 3.8) is 0 Å². The van der Waals surface area contributed by atoms with Crippen LogP contribution in [-0.4, -0.2) is 39.7 Å². The second-order valence-corrected chi connectivity index (χ2v) is 6.48. The zero-order valence-corrected chi connectivity index (χ0v) is 16.1. The minimum Gasteiger partial charge on any atom is -0.494 e. The van der Waals surface area contributed by atoms with Gasteiger partial charge in [0.2, 0.25) is 17.0 Å². The van der Waals surface area contributed by atoms with Gasteiger partial charge < -0.3 is 10.1 Å². The van der Waals surface area contributed by atoms with Gasteiger partial charge in [-0.15, -0.1) is 5.10 Å². The average Bonchev–Trinajstić information content (AvgIpc) is 3.17. The SMILES string of the molecule is CCOc1ccc(NC(=O)CSc2n[nH]c(N/N=C\c3ccccc3)n2)cc1. The fourth-order valence-electron chi connectivity index (χ4n) is 2.20. The summed E-state index contributed by atoms with van der Waals surface area (Å²) in [6, 6.07) is 16.9. The first-order chi connectivity index (χ1) is 13.7. The standard InChI is InChI=1S/C19H20N6O2S/c1-2-27-16-10-8-15(9-11-16)21-17(26)13-28-19-22-18(24-25-19)23-20-12-14-6-4-3-5-7-14/h3-12H,2,13H2,1H3,(H,21,26)(H2,22,23,24,25)/b20-12-. The smallest absolute Gasteiger partial charge is 0.240 e. The van der Waals surface area contributed by atoms with Crippen molar-refractivity contribution in [3.05, 3.63) is 60.2 Å². The first-order valence-corrected chi connectivity index (χ1v) is 9.63. The summed E-state index contributed by atoms with van der Waals surface area (Å²) in [6.45, 7) is 2.53. The summed E-state index contributed by atoms with van der Waals surface area (Å²) in [5.41, 5.74) is 4.45. The summed E-state index contributed by atoms with van der Waals surface area (Å²) in [5.74, 6) is 1.22. The van der Waals surface area contributed by atoms with Gasteiger partial charge in [0.25, 0.3) is 0 Å². The molecule has 0 radical (unpaired) electrons. The Kier molecular flexibility index (Phi) is 7.02. The number of H-pyrrole nitrogens is 1. The molecule has 3 aromatic rings. The molecule has 8 nitrogen and oxygen atoms in total. The fraction of sp³-hybridized carbons (Fsp3) is 0.158. The van der Waals surface area contributed by atoms with Crippen molar-refractivity contribution >= 4 is 35.5 Å². The molecule has 0 atom stereocenters. The number of aromatic nitrogens is 3. The number of nitrogens with one attached hydrogen (secondary N) is 3. The van der Waals surface area contributed by atoms with Crippen molar-refractivity contribution in [2.75, 3.05) is 23.1 Å². The molecule has 0 bridgehead atoms. The lowest BCUT2D eigenvalue weighted by Crippen LogP contribution is -2.14. The first kappa shape index (κ1) is 19.4. The lowest BCUT2D eigenvalue weighted by Gasteiger charge is -2.06. The molecular formula is C19H20N6O2S. The Morgan fingerprint density at radius 2 is 2.00 bits per heavy atom. The summed E-state index contributed by atoms with van der Waals surface area (Å²) in [4.78, 5) is 16.3. The van der Waals surface area contributed by atoms with Crippen LogP contribution in [0.5, 0.6) is 5.75 Å². The second kappa shape index (κ2) is 10.1. The van der Waals surface area contributed by atoms with Crippen molar-refractivity contribution < 1.29 is 9.53 Å². The molecule has 3 N–H and O–H groups in total. The molecule has 0 aliphatic heterocycles. The number of anilines is 2. The molecule has 3 rings (SSSR count). The van der Waals surface area contributed by atoms with E-state index >= 15 is 0 Å². The number of thioether (sulfide) groups is 1. The minimum atomic E-state index is -0.143. The van der Waals surface area contributed by atoms with E-state index in [0.29, 0.717) is 23.4 Å². The zero-order valence-electron chi connectivity index (χ0n) is 15.3. The number of nitrogens with zero attached hydrogens (tertiary/aromatic N) is 3. The van der Waals surface area contributed by atoms with E-state index in [0.717, 1.165) is 11.3 Å². The number of ether oxygens (including phenoxy) is 1. The van der Waals surface area contributed by atoms with Crippen LogP contribution in [0.4, 0.5) is 11.6 Å². The van der Waals surface area contributed by atoms with Gasteiger partial charge in [0.1, 0.15) is 5.75 Å². The van der Waals surface area contributed by atoms with E-state index in [1.165, 1.54) is 11.8 Å². The molecule has 2 aromatic carbocycles. The molecule has 1 aromatic heterocycles. The van der Waals surface area contributed by atoms with E-state index in [1.54, 1.807) is 18.3 Å². The van der Waals surface area contributed by atoms with Crippen molar-refractivity contribution in [1.82, 2.24) is 15.2 Å². The molecule has 0 unspecified atom stereocenters. The van der Waals surface area contributed by atoms with Crippen molar-refractivity contribution in [2.45, 2.75) is 12.1 Å². The summed E-state index contributed by atoms with van der Waals surface area (Å²) in [6.07, 6.45) is 1.68. The van der Waals surface area contributed by atoms with Gasteiger partial charge >= 0.3 is 0 Å². The lowest BCUT2D eigenvalue weighted by atomic mass is 10.2. The minimum absolute atomic E-state index is 0.143. The van der Waals surface area contributed by atoms with Gasteiger partial charge in [-0.25, -0.2) is 10.5 Å². The van der Waals surface area contributed by atoms with Gasteiger partial charge in [-0.2, -0.15) is 10.1 Å². The van der Waals surface area contributed by atoms with Crippen molar-refractivity contribution in [3.8, 4) is 5.75 Å². The van der Waals surface area contributed by atoms with Crippen molar-refractivity contribution in [1.29, 1.82) is 0 Å². The van der Waals surface area contributed by atoms with Gasteiger partial charge in [-0.1, -0.05) is 42.1 Å². The van der Waals surface area contributed by atoms with Crippen LogP contribution in [0.15, 0.2) is 64.9 Å². The monoisotopic (exact) mass is 396 g/mol. The van der Waals surface area contributed by atoms with E-state index in [4.69, 9.17) is 4.74 Å². The quantitative estimate of drug-likeness (QED) is 0.291. The van der Waals surface area contributed by atoms with E-state index in [2.05, 4.69) is 31.0 Å². The number of benzene rings is 2. The highest BCUT2D eigenvalue weighted by molar-refractivity contribution is 7.99. The molecule has 0 aliphatic rings. The summed E-state index contributed by atoms with van der Waals surface area (Å²) in [5, 5.41) is 14.1. The van der Waals surface area contributed by atoms with Crippen LogP contribution in [0, 0.1) is 0 Å². The maximum atomic E-state index is 12.1. The van der Waals surface area contributed by atoms with Gasteiger partial charge in [0, 0.05) is 5.69 Å². The molecule has 0 fully saturated rings. The van der Waals surface area contributed by atoms with E-state index in [1.807, 2.05) is 49.4 Å². The number of carbonyl (C=O) groups excluding carboxylic acids is 1. The van der Waals surface area contributed by atoms with Gasteiger partial charge in [-0.3, -0.25) is 4.79 Å². The Balaban J connectivity index is 1.43. The molecule has 0 saturated heterocycles. The van der Waals surface area contributed by atoms with E-state index < -0.39 is 0 Å². The Bertz CT molecular complexity index is 912.